The summed E-state index contributed by atoms with van der Waals surface area (Å²) in [6.45, 7) is 13.7. The van der Waals surface area contributed by atoms with Gasteiger partial charge in [0, 0.05) is 13.1 Å². The molecule has 0 unspecified atom stereocenters. The van der Waals surface area contributed by atoms with Crippen molar-refractivity contribution in [3.8, 4) is 0 Å². The van der Waals surface area contributed by atoms with Gasteiger partial charge < -0.3 is 4.90 Å². The molecule has 2 rings (SSSR count). The molecule has 0 amide bonds. The topological polar surface area (TPSA) is 3.24 Å². The Morgan fingerprint density at radius 2 is 1.16 bits per heavy atom. The zero-order valence-corrected chi connectivity index (χ0v) is 13.4. The molecule has 0 saturated carbocycles. The van der Waals surface area contributed by atoms with E-state index in [1.54, 1.807) is 5.57 Å². The third-order valence-corrected chi connectivity index (χ3v) is 5.04. The van der Waals surface area contributed by atoms with Crippen LogP contribution in [-0.2, 0) is 0 Å². The highest BCUT2D eigenvalue weighted by Crippen LogP contribution is 2.29. The van der Waals surface area contributed by atoms with Crippen molar-refractivity contribution in [2.45, 2.75) is 47.5 Å². The van der Waals surface area contributed by atoms with Crippen LogP contribution in [0.5, 0.6) is 0 Å². The number of nitrogens with zero attached hydrogens (tertiary/aromatic N) is 1. The van der Waals surface area contributed by atoms with Crippen LogP contribution in [-0.4, -0.2) is 25.0 Å². The summed E-state index contributed by atoms with van der Waals surface area (Å²) in [7, 11) is 2.22. The van der Waals surface area contributed by atoms with Crippen LogP contribution >= 0.6 is 0 Å². The SMILES string of the molecule is Cc1c(C)c(C)c(C=C2CCN(C)CC2)c(C)c1C. The van der Waals surface area contributed by atoms with Gasteiger partial charge >= 0.3 is 0 Å². The number of benzene rings is 1. The van der Waals surface area contributed by atoms with Gasteiger partial charge in [-0.25, -0.2) is 0 Å². The first-order valence-electron chi connectivity index (χ1n) is 7.36. The molecule has 1 nitrogen and oxygen atoms in total. The smallest absolute Gasteiger partial charge is 0.00158 e. The lowest BCUT2D eigenvalue weighted by Gasteiger charge is -2.25. The highest BCUT2D eigenvalue weighted by molar-refractivity contribution is 5.65. The zero-order valence-electron chi connectivity index (χ0n) is 13.4. The zero-order chi connectivity index (χ0) is 14.2. The van der Waals surface area contributed by atoms with Gasteiger partial charge in [0.05, 0.1) is 0 Å². The van der Waals surface area contributed by atoms with Gasteiger partial charge in [0.2, 0.25) is 0 Å². The van der Waals surface area contributed by atoms with Crippen molar-refractivity contribution < 1.29 is 0 Å². The van der Waals surface area contributed by atoms with Crippen LogP contribution in [0.3, 0.4) is 0 Å². The molecule has 0 N–H and O–H groups in total. The number of hydrogen-bond acceptors (Lipinski definition) is 1. The largest absolute Gasteiger partial charge is 0.306 e. The van der Waals surface area contributed by atoms with Crippen molar-refractivity contribution in [1.82, 2.24) is 4.90 Å². The van der Waals surface area contributed by atoms with Gasteiger partial charge in [-0.3, -0.25) is 0 Å². The van der Waals surface area contributed by atoms with E-state index >= 15 is 0 Å². The summed E-state index contributed by atoms with van der Waals surface area (Å²) in [6, 6.07) is 0. The molecule has 0 radical (unpaired) electrons. The van der Waals surface area contributed by atoms with E-state index in [1.807, 2.05) is 0 Å². The van der Waals surface area contributed by atoms with Gasteiger partial charge in [-0.05, 0) is 87.9 Å². The minimum Gasteiger partial charge on any atom is -0.306 e. The Balaban J connectivity index is 2.43. The molecule has 1 fully saturated rings. The van der Waals surface area contributed by atoms with E-state index in [-0.39, 0.29) is 0 Å². The summed E-state index contributed by atoms with van der Waals surface area (Å²) in [5.41, 5.74) is 10.4. The predicted octanol–water partition coefficient (Wildman–Crippen LogP) is 4.34. The van der Waals surface area contributed by atoms with Crippen molar-refractivity contribution in [1.29, 1.82) is 0 Å². The van der Waals surface area contributed by atoms with Crippen LogP contribution in [0.1, 0.15) is 46.2 Å². The molecular formula is C18H27N. The summed E-state index contributed by atoms with van der Waals surface area (Å²) < 4.78 is 0. The summed E-state index contributed by atoms with van der Waals surface area (Å²) in [5.74, 6) is 0. The molecule has 0 atom stereocenters. The van der Waals surface area contributed by atoms with Crippen molar-refractivity contribution in [2.24, 2.45) is 0 Å². The molecule has 1 heterocycles. The molecule has 0 spiro atoms. The molecule has 1 aliphatic rings. The molecule has 1 aromatic carbocycles. The third kappa shape index (κ3) is 2.76. The van der Waals surface area contributed by atoms with Crippen molar-refractivity contribution >= 4 is 6.08 Å². The number of likely N-dealkylation sites (tertiary alicyclic amines) is 1. The highest BCUT2D eigenvalue weighted by Gasteiger charge is 2.14. The van der Waals surface area contributed by atoms with Gasteiger partial charge in [0.15, 0.2) is 0 Å². The Labute approximate surface area is 118 Å². The van der Waals surface area contributed by atoms with Crippen LogP contribution in [0.25, 0.3) is 6.08 Å². The lowest BCUT2D eigenvalue weighted by atomic mass is 9.88. The number of piperidine rings is 1. The Kier molecular flexibility index (Phi) is 4.15. The molecule has 1 saturated heterocycles. The summed E-state index contributed by atoms with van der Waals surface area (Å²) in [6.07, 6.45) is 4.92. The maximum atomic E-state index is 2.47. The monoisotopic (exact) mass is 257 g/mol. The van der Waals surface area contributed by atoms with Gasteiger partial charge in [0.25, 0.3) is 0 Å². The second-order valence-corrected chi connectivity index (χ2v) is 6.14. The maximum Gasteiger partial charge on any atom is 0.00158 e. The van der Waals surface area contributed by atoms with E-state index in [1.165, 1.54) is 59.3 Å². The molecular weight excluding hydrogens is 230 g/mol. The average Bonchev–Trinajstić information content (AvgIpc) is 2.41. The summed E-state index contributed by atoms with van der Waals surface area (Å²) >= 11 is 0. The fourth-order valence-corrected chi connectivity index (χ4v) is 3.00. The van der Waals surface area contributed by atoms with Crippen molar-refractivity contribution in [3.05, 3.63) is 39.0 Å². The quantitative estimate of drug-likeness (QED) is 0.723. The first-order valence-corrected chi connectivity index (χ1v) is 7.36. The molecule has 0 aromatic heterocycles. The minimum absolute atomic E-state index is 1.20. The minimum atomic E-state index is 1.20. The lowest BCUT2D eigenvalue weighted by Crippen LogP contribution is -2.26. The van der Waals surface area contributed by atoms with E-state index in [2.05, 4.69) is 52.6 Å². The van der Waals surface area contributed by atoms with E-state index in [4.69, 9.17) is 0 Å². The standard InChI is InChI=1S/C18H27N/c1-12-13(2)15(4)18(16(5)14(12)3)11-17-7-9-19(6)10-8-17/h11H,7-10H2,1-6H3. The van der Waals surface area contributed by atoms with Crippen LogP contribution in [0.15, 0.2) is 5.57 Å². The Morgan fingerprint density at radius 1 is 0.737 bits per heavy atom. The molecule has 0 bridgehead atoms. The molecule has 1 heteroatoms. The molecule has 19 heavy (non-hydrogen) atoms. The van der Waals surface area contributed by atoms with E-state index in [9.17, 15) is 0 Å². The Morgan fingerprint density at radius 3 is 1.63 bits per heavy atom. The fourth-order valence-electron chi connectivity index (χ4n) is 3.00. The highest BCUT2D eigenvalue weighted by atomic mass is 15.1. The summed E-state index contributed by atoms with van der Waals surface area (Å²) in [5, 5.41) is 0. The van der Waals surface area contributed by atoms with E-state index < -0.39 is 0 Å². The predicted molar refractivity (Wildman–Crippen MR) is 84.8 cm³/mol. The fraction of sp³-hybridized carbons (Fsp3) is 0.556. The molecule has 1 aliphatic heterocycles. The van der Waals surface area contributed by atoms with Crippen LogP contribution in [0.4, 0.5) is 0 Å². The van der Waals surface area contributed by atoms with Crippen LogP contribution in [0, 0.1) is 34.6 Å². The molecule has 0 aliphatic carbocycles. The van der Waals surface area contributed by atoms with Crippen LogP contribution in [0.2, 0.25) is 0 Å². The Hall–Kier alpha value is -1.08. The molecule has 1 aromatic rings. The lowest BCUT2D eigenvalue weighted by molar-refractivity contribution is 0.313. The summed E-state index contributed by atoms with van der Waals surface area (Å²) in [4.78, 5) is 2.42. The first kappa shape index (κ1) is 14.3. The van der Waals surface area contributed by atoms with E-state index in [0.717, 1.165) is 0 Å². The van der Waals surface area contributed by atoms with Gasteiger partial charge in [0.1, 0.15) is 0 Å². The average molecular weight is 257 g/mol. The van der Waals surface area contributed by atoms with Crippen molar-refractivity contribution in [2.75, 3.05) is 20.1 Å². The number of hydrogen-bond donors (Lipinski definition) is 0. The second-order valence-electron chi connectivity index (χ2n) is 6.14. The Bertz CT molecular complexity index is 484. The van der Waals surface area contributed by atoms with E-state index in [0.29, 0.717) is 0 Å². The van der Waals surface area contributed by atoms with Crippen molar-refractivity contribution in [3.63, 3.8) is 0 Å². The second kappa shape index (κ2) is 5.50. The van der Waals surface area contributed by atoms with Gasteiger partial charge in [-0.2, -0.15) is 0 Å². The first-order chi connectivity index (χ1) is 8.91. The van der Waals surface area contributed by atoms with Crippen LogP contribution < -0.4 is 0 Å². The van der Waals surface area contributed by atoms with Gasteiger partial charge in [-0.1, -0.05) is 11.6 Å². The van der Waals surface area contributed by atoms with Gasteiger partial charge in [-0.15, -0.1) is 0 Å². The number of rotatable bonds is 1. The normalized spacial score (nSPS) is 16.8. The third-order valence-electron chi connectivity index (χ3n) is 5.04. The maximum absolute atomic E-state index is 2.47. The molecule has 104 valence electrons.